The smallest absolute Gasteiger partial charge is 0.162 e. The largest absolute Gasteiger partial charge is 0.504 e. The van der Waals surface area contributed by atoms with Crippen LogP contribution in [0.5, 0.6) is 11.5 Å². The van der Waals surface area contributed by atoms with Gasteiger partial charge in [-0.2, -0.15) is 0 Å². The summed E-state index contributed by atoms with van der Waals surface area (Å²) in [5, 5.41) is 9.67. The molecule has 0 radical (unpaired) electrons. The second-order valence-corrected chi connectivity index (χ2v) is 4.99. The van der Waals surface area contributed by atoms with Gasteiger partial charge in [0.2, 0.25) is 0 Å². The molecule has 2 aromatic rings. The van der Waals surface area contributed by atoms with Gasteiger partial charge in [0.15, 0.2) is 11.5 Å². The minimum atomic E-state index is 0.157. The van der Waals surface area contributed by atoms with Crippen molar-refractivity contribution >= 4 is 15.9 Å². The van der Waals surface area contributed by atoms with Crippen molar-refractivity contribution in [2.45, 2.75) is 20.0 Å². The van der Waals surface area contributed by atoms with Crippen LogP contribution in [0.4, 0.5) is 0 Å². The lowest BCUT2D eigenvalue weighted by atomic mass is 10.1. The van der Waals surface area contributed by atoms with Crippen molar-refractivity contribution < 1.29 is 9.84 Å². The van der Waals surface area contributed by atoms with E-state index in [9.17, 15) is 5.11 Å². The van der Waals surface area contributed by atoms with Crippen LogP contribution in [-0.2, 0) is 13.0 Å². The van der Waals surface area contributed by atoms with Crippen LogP contribution in [0.25, 0.3) is 0 Å². The van der Waals surface area contributed by atoms with Crippen molar-refractivity contribution in [2.75, 3.05) is 0 Å². The molecule has 0 aromatic heterocycles. The van der Waals surface area contributed by atoms with Crippen LogP contribution >= 0.6 is 15.9 Å². The second kappa shape index (κ2) is 5.91. The van der Waals surface area contributed by atoms with Gasteiger partial charge in [0.25, 0.3) is 0 Å². The van der Waals surface area contributed by atoms with E-state index in [2.05, 4.69) is 35.0 Å². The summed E-state index contributed by atoms with van der Waals surface area (Å²) in [7, 11) is 0. The van der Waals surface area contributed by atoms with Gasteiger partial charge >= 0.3 is 0 Å². The summed E-state index contributed by atoms with van der Waals surface area (Å²) in [5.74, 6) is 0.649. The lowest BCUT2D eigenvalue weighted by Crippen LogP contribution is -1.96. The Bertz CT molecular complexity index is 538. The number of rotatable bonds is 4. The summed E-state index contributed by atoms with van der Waals surface area (Å²) < 4.78 is 6.51. The van der Waals surface area contributed by atoms with Gasteiger partial charge in [0.05, 0.1) is 0 Å². The summed E-state index contributed by atoms with van der Waals surface area (Å²) in [4.78, 5) is 0. The summed E-state index contributed by atoms with van der Waals surface area (Å²) in [5.41, 5.74) is 2.39. The molecule has 0 aliphatic rings. The van der Waals surface area contributed by atoms with E-state index >= 15 is 0 Å². The fourth-order valence-electron chi connectivity index (χ4n) is 1.70. The second-order valence-electron chi connectivity index (χ2n) is 4.07. The van der Waals surface area contributed by atoms with Crippen LogP contribution in [0.3, 0.4) is 0 Å². The minimum absolute atomic E-state index is 0.157. The van der Waals surface area contributed by atoms with Crippen LogP contribution in [0.1, 0.15) is 18.1 Å². The van der Waals surface area contributed by atoms with Crippen LogP contribution in [0, 0.1) is 0 Å². The Balaban J connectivity index is 2.08. The molecule has 0 amide bonds. The number of phenolic OH excluding ortho intramolecular Hbond substituents is 1. The molecule has 0 saturated carbocycles. The highest BCUT2D eigenvalue weighted by Crippen LogP contribution is 2.29. The molecule has 2 aromatic carbocycles. The van der Waals surface area contributed by atoms with E-state index in [4.69, 9.17) is 4.74 Å². The number of phenols is 1. The maximum atomic E-state index is 9.67. The van der Waals surface area contributed by atoms with E-state index in [1.54, 1.807) is 18.2 Å². The first-order valence-electron chi connectivity index (χ1n) is 5.88. The molecule has 1 N–H and O–H groups in total. The van der Waals surface area contributed by atoms with Gasteiger partial charge in [0, 0.05) is 4.47 Å². The number of aromatic hydroxyl groups is 1. The highest BCUT2D eigenvalue weighted by atomic mass is 79.9. The Morgan fingerprint density at radius 3 is 2.67 bits per heavy atom. The molecule has 0 fully saturated rings. The van der Waals surface area contributed by atoms with Gasteiger partial charge in [0.1, 0.15) is 6.61 Å². The Morgan fingerprint density at radius 1 is 1.11 bits per heavy atom. The van der Waals surface area contributed by atoms with E-state index < -0.39 is 0 Å². The predicted molar refractivity (Wildman–Crippen MR) is 76.0 cm³/mol. The molecule has 2 rings (SSSR count). The van der Waals surface area contributed by atoms with E-state index in [1.165, 1.54) is 5.56 Å². The zero-order valence-electron chi connectivity index (χ0n) is 10.2. The summed E-state index contributed by atoms with van der Waals surface area (Å²) in [6.07, 6.45) is 1.01. The molecule has 18 heavy (non-hydrogen) atoms. The molecule has 0 heterocycles. The number of ether oxygens (including phenoxy) is 1. The van der Waals surface area contributed by atoms with Crippen molar-refractivity contribution in [3.8, 4) is 11.5 Å². The third-order valence-corrected chi connectivity index (χ3v) is 3.21. The monoisotopic (exact) mass is 306 g/mol. The molecular formula is C15H15BrO2. The summed E-state index contributed by atoms with van der Waals surface area (Å²) in [6, 6.07) is 13.4. The van der Waals surface area contributed by atoms with Gasteiger partial charge in [-0.05, 0) is 35.7 Å². The molecule has 0 aliphatic carbocycles. The molecule has 0 unspecified atom stereocenters. The molecule has 0 saturated heterocycles. The summed E-state index contributed by atoms with van der Waals surface area (Å²) in [6.45, 7) is 2.58. The maximum Gasteiger partial charge on any atom is 0.162 e. The SMILES string of the molecule is CCc1cccc(COc2cc(Br)ccc2O)c1. The van der Waals surface area contributed by atoms with Crippen molar-refractivity contribution in [2.24, 2.45) is 0 Å². The van der Waals surface area contributed by atoms with E-state index in [-0.39, 0.29) is 5.75 Å². The van der Waals surface area contributed by atoms with Crippen molar-refractivity contribution in [1.82, 2.24) is 0 Å². The normalized spacial score (nSPS) is 10.3. The number of halogens is 1. The molecule has 2 nitrogen and oxygen atoms in total. The van der Waals surface area contributed by atoms with Gasteiger partial charge in [-0.1, -0.05) is 47.1 Å². The maximum absolute atomic E-state index is 9.67. The van der Waals surface area contributed by atoms with Gasteiger partial charge < -0.3 is 9.84 Å². The lowest BCUT2D eigenvalue weighted by molar-refractivity contribution is 0.289. The minimum Gasteiger partial charge on any atom is -0.504 e. The topological polar surface area (TPSA) is 29.5 Å². The zero-order valence-corrected chi connectivity index (χ0v) is 11.8. The fourth-order valence-corrected chi connectivity index (χ4v) is 2.04. The predicted octanol–water partition coefficient (Wildman–Crippen LogP) is 4.30. The highest BCUT2D eigenvalue weighted by Gasteiger charge is 2.03. The van der Waals surface area contributed by atoms with Gasteiger partial charge in [-0.15, -0.1) is 0 Å². The van der Waals surface area contributed by atoms with Gasteiger partial charge in [-0.3, -0.25) is 0 Å². The Morgan fingerprint density at radius 2 is 1.89 bits per heavy atom. The van der Waals surface area contributed by atoms with Crippen LogP contribution in [0.2, 0.25) is 0 Å². The first-order valence-corrected chi connectivity index (χ1v) is 6.67. The third-order valence-electron chi connectivity index (χ3n) is 2.72. The molecule has 0 atom stereocenters. The average Bonchev–Trinajstić information content (AvgIpc) is 2.40. The Hall–Kier alpha value is -1.48. The van der Waals surface area contributed by atoms with Crippen molar-refractivity contribution in [1.29, 1.82) is 0 Å². The molecule has 3 heteroatoms. The number of aryl methyl sites for hydroxylation is 1. The first-order chi connectivity index (χ1) is 8.69. The number of benzene rings is 2. The molecule has 0 spiro atoms. The molecule has 94 valence electrons. The quantitative estimate of drug-likeness (QED) is 0.912. The van der Waals surface area contributed by atoms with Gasteiger partial charge in [-0.25, -0.2) is 0 Å². The van der Waals surface area contributed by atoms with Crippen molar-refractivity contribution in [3.05, 3.63) is 58.1 Å². The fraction of sp³-hybridized carbons (Fsp3) is 0.200. The number of hydrogen-bond acceptors (Lipinski definition) is 2. The number of hydrogen-bond donors (Lipinski definition) is 1. The van der Waals surface area contributed by atoms with E-state index in [0.717, 1.165) is 16.5 Å². The molecule has 0 aliphatic heterocycles. The Labute approximate surface area is 115 Å². The van der Waals surface area contributed by atoms with Crippen LogP contribution in [0.15, 0.2) is 46.9 Å². The standard InChI is InChI=1S/C15H15BrO2/c1-2-11-4-3-5-12(8-11)10-18-15-9-13(16)6-7-14(15)17/h3-9,17H,2,10H2,1H3. The van der Waals surface area contributed by atoms with Crippen LogP contribution < -0.4 is 4.74 Å². The Kier molecular flexibility index (Phi) is 4.26. The third kappa shape index (κ3) is 3.26. The average molecular weight is 307 g/mol. The van der Waals surface area contributed by atoms with E-state index in [0.29, 0.717) is 12.4 Å². The summed E-state index contributed by atoms with van der Waals surface area (Å²) >= 11 is 3.35. The lowest BCUT2D eigenvalue weighted by Gasteiger charge is -2.09. The van der Waals surface area contributed by atoms with E-state index in [1.807, 2.05) is 12.1 Å². The van der Waals surface area contributed by atoms with Crippen molar-refractivity contribution in [3.63, 3.8) is 0 Å². The van der Waals surface area contributed by atoms with Crippen LogP contribution in [-0.4, -0.2) is 5.11 Å². The molecular weight excluding hydrogens is 292 g/mol. The first kappa shape index (κ1) is 13.0. The molecule has 0 bridgehead atoms. The highest BCUT2D eigenvalue weighted by molar-refractivity contribution is 9.10. The zero-order chi connectivity index (χ0) is 13.0.